The molecule has 0 bridgehead atoms. The maximum atomic E-state index is 10.5. The van der Waals surface area contributed by atoms with Crippen LogP contribution in [0.2, 0.25) is 0 Å². The van der Waals surface area contributed by atoms with E-state index in [2.05, 4.69) is 13.2 Å². The Kier molecular flexibility index (Phi) is 4.37. The van der Waals surface area contributed by atoms with Crippen LogP contribution in [0.4, 0.5) is 0 Å². The highest BCUT2D eigenvalue weighted by Crippen LogP contribution is 2.08. The first kappa shape index (κ1) is 11.9. The molecular formula is C9H12O3S. The van der Waals surface area contributed by atoms with Gasteiger partial charge in [0, 0.05) is 0 Å². The van der Waals surface area contributed by atoms with E-state index < -0.39 is 10.1 Å². The van der Waals surface area contributed by atoms with Crippen molar-refractivity contribution in [2.45, 2.75) is 11.8 Å². The van der Waals surface area contributed by atoms with Crippen LogP contribution in [0.3, 0.4) is 0 Å². The smallest absolute Gasteiger partial charge is 0.282 e. The van der Waals surface area contributed by atoms with Crippen molar-refractivity contribution in [3.8, 4) is 0 Å². The Bertz CT molecular complexity index is 351. The van der Waals surface area contributed by atoms with Gasteiger partial charge >= 0.3 is 0 Å². The summed E-state index contributed by atoms with van der Waals surface area (Å²) in [4.78, 5) is -0.0666. The maximum Gasteiger partial charge on any atom is 0.294 e. The zero-order valence-electron chi connectivity index (χ0n) is 7.40. The van der Waals surface area contributed by atoms with Gasteiger partial charge in [0.2, 0.25) is 0 Å². The van der Waals surface area contributed by atoms with Crippen molar-refractivity contribution in [3.63, 3.8) is 0 Å². The highest BCUT2D eigenvalue weighted by Gasteiger charge is 2.06. The first-order valence-electron chi connectivity index (χ1n) is 3.54. The van der Waals surface area contributed by atoms with Gasteiger partial charge in [-0.25, -0.2) is 0 Å². The molecule has 0 unspecified atom stereocenters. The average Bonchev–Trinajstić information content (AvgIpc) is 2.07. The third-order valence-corrected chi connectivity index (χ3v) is 2.19. The molecular weight excluding hydrogens is 188 g/mol. The lowest BCUT2D eigenvalue weighted by molar-refractivity contribution is 0.483. The number of aryl methyl sites for hydroxylation is 1. The van der Waals surface area contributed by atoms with E-state index >= 15 is 0 Å². The number of hydrogen-bond acceptors (Lipinski definition) is 2. The van der Waals surface area contributed by atoms with Gasteiger partial charge in [-0.3, -0.25) is 4.55 Å². The zero-order valence-corrected chi connectivity index (χ0v) is 8.21. The minimum Gasteiger partial charge on any atom is -0.282 e. The van der Waals surface area contributed by atoms with E-state index in [0.29, 0.717) is 0 Å². The molecule has 1 aromatic carbocycles. The fourth-order valence-electron chi connectivity index (χ4n) is 0.710. The topological polar surface area (TPSA) is 54.4 Å². The zero-order chi connectivity index (χ0) is 10.5. The molecule has 0 aliphatic carbocycles. The summed E-state index contributed by atoms with van der Waals surface area (Å²) in [6, 6.07) is 5.99. The van der Waals surface area contributed by atoms with Gasteiger partial charge in [-0.2, -0.15) is 8.42 Å². The highest BCUT2D eigenvalue weighted by atomic mass is 32.2. The molecule has 0 spiro atoms. The molecule has 1 aromatic rings. The summed E-state index contributed by atoms with van der Waals surface area (Å²) in [6.07, 6.45) is 0. The van der Waals surface area contributed by atoms with Crippen LogP contribution in [0.5, 0.6) is 0 Å². The molecule has 1 rings (SSSR count). The van der Waals surface area contributed by atoms with Gasteiger partial charge in [0.15, 0.2) is 0 Å². The van der Waals surface area contributed by atoms with Crippen LogP contribution in [-0.4, -0.2) is 13.0 Å². The molecule has 13 heavy (non-hydrogen) atoms. The quantitative estimate of drug-likeness (QED) is 0.557. The SMILES string of the molecule is C=C.Cc1ccc(S(=O)(=O)O)cc1. The first-order chi connectivity index (χ1) is 6.00. The minimum absolute atomic E-state index is 0.0666. The van der Waals surface area contributed by atoms with E-state index in [1.54, 1.807) is 12.1 Å². The number of rotatable bonds is 1. The van der Waals surface area contributed by atoms with Gasteiger partial charge in [-0.15, -0.1) is 13.2 Å². The molecule has 0 saturated carbocycles. The number of hydrogen-bond donors (Lipinski definition) is 1. The molecule has 1 N–H and O–H groups in total. The van der Waals surface area contributed by atoms with Crippen molar-refractivity contribution in [1.29, 1.82) is 0 Å². The Morgan fingerprint density at radius 2 is 1.54 bits per heavy atom. The normalized spacial score (nSPS) is 10.0. The predicted molar refractivity (Wildman–Crippen MR) is 52.2 cm³/mol. The molecule has 3 nitrogen and oxygen atoms in total. The summed E-state index contributed by atoms with van der Waals surface area (Å²) in [5.74, 6) is 0. The van der Waals surface area contributed by atoms with Crippen LogP contribution in [0.1, 0.15) is 5.56 Å². The highest BCUT2D eigenvalue weighted by molar-refractivity contribution is 7.85. The minimum atomic E-state index is -4.02. The number of benzene rings is 1. The molecule has 0 aliphatic rings. The van der Waals surface area contributed by atoms with Gasteiger partial charge in [0.1, 0.15) is 0 Å². The van der Waals surface area contributed by atoms with Crippen LogP contribution in [0, 0.1) is 6.92 Å². The summed E-state index contributed by atoms with van der Waals surface area (Å²) in [5.41, 5.74) is 0.956. The molecule has 0 radical (unpaired) electrons. The summed E-state index contributed by atoms with van der Waals surface area (Å²) < 4.78 is 29.6. The van der Waals surface area contributed by atoms with Crippen LogP contribution >= 0.6 is 0 Å². The van der Waals surface area contributed by atoms with Gasteiger partial charge in [0.25, 0.3) is 10.1 Å². The largest absolute Gasteiger partial charge is 0.294 e. The van der Waals surface area contributed by atoms with E-state index in [9.17, 15) is 8.42 Å². The Balaban J connectivity index is 0.000000671. The lowest BCUT2D eigenvalue weighted by Crippen LogP contribution is -1.96. The van der Waals surface area contributed by atoms with Crippen LogP contribution < -0.4 is 0 Å². The Hall–Kier alpha value is -1.13. The molecule has 0 heterocycles. The Morgan fingerprint density at radius 3 is 1.85 bits per heavy atom. The van der Waals surface area contributed by atoms with Crippen molar-refractivity contribution in [3.05, 3.63) is 43.0 Å². The molecule has 0 saturated heterocycles. The second-order valence-corrected chi connectivity index (χ2v) is 3.71. The second kappa shape index (κ2) is 4.79. The lowest BCUT2D eigenvalue weighted by atomic mass is 10.2. The van der Waals surface area contributed by atoms with Crippen molar-refractivity contribution in [2.24, 2.45) is 0 Å². The predicted octanol–water partition coefficient (Wildman–Crippen LogP) is 2.04. The summed E-state index contributed by atoms with van der Waals surface area (Å²) >= 11 is 0. The first-order valence-corrected chi connectivity index (χ1v) is 4.98. The van der Waals surface area contributed by atoms with Crippen molar-refractivity contribution in [2.75, 3.05) is 0 Å². The fourth-order valence-corrected chi connectivity index (χ4v) is 1.19. The van der Waals surface area contributed by atoms with E-state index in [0.717, 1.165) is 5.56 Å². The second-order valence-electron chi connectivity index (χ2n) is 2.29. The average molecular weight is 200 g/mol. The van der Waals surface area contributed by atoms with Crippen molar-refractivity contribution >= 4 is 10.1 Å². The fraction of sp³-hybridized carbons (Fsp3) is 0.111. The summed E-state index contributed by atoms with van der Waals surface area (Å²) in [6.45, 7) is 7.84. The molecule has 72 valence electrons. The van der Waals surface area contributed by atoms with Gasteiger partial charge in [-0.05, 0) is 19.1 Å². The Labute approximate surface area is 78.5 Å². The van der Waals surface area contributed by atoms with Gasteiger partial charge in [-0.1, -0.05) is 17.7 Å². The summed E-state index contributed by atoms with van der Waals surface area (Å²) in [7, 11) is -4.02. The van der Waals surface area contributed by atoms with Crippen LogP contribution in [-0.2, 0) is 10.1 Å². The molecule has 4 heteroatoms. The third kappa shape index (κ3) is 3.87. The van der Waals surface area contributed by atoms with E-state index in [1.807, 2.05) is 6.92 Å². The van der Waals surface area contributed by atoms with Crippen LogP contribution in [0.15, 0.2) is 42.3 Å². The lowest BCUT2D eigenvalue weighted by Gasteiger charge is -1.95. The van der Waals surface area contributed by atoms with E-state index in [4.69, 9.17) is 4.55 Å². The van der Waals surface area contributed by atoms with Crippen molar-refractivity contribution < 1.29 is 13.0 Å². The van der Waals surface area contributed by atoms with Crippen LogP contribution in [0.25, 0.3) is 0 Å². The summed E-state index contributed by atoms with van der Waals surface area (Å²) in [5, 5.41) is 0. The molecule has 0 aromatic heterocycles. The third-order valence-electron chi connectivity index (χ3n) is 1.32. The van der Waals surface area contributed by atoms with E-state index in [-0.39, 0.29) is 4.90 Å². The standard InChI is InChI=1S/C7H8O3S.C2H4/c1-6-2-4-7(5-3-6)11(8,9)10;1-2/h2-5H,1H3,(H,8,9,10);1-2H2. The van der Waals surface area contributed by atoms with Gasteiger partial charge in [0.05, 0.1) is 4.90 Å². The maximum absolute atomic E-state index is 10.5. The molecule has 0 amide bonds. The molecule has 0 fully saturated rings. The van der Waals surface area contributed by atoms with E-state index in [1.165, 1.54) is 12.1 Å². The monoisotopic (exact) mass is 200 g/mol. The molecule has 0 aliphatic heterocycles. The van der Waals surface area contributed by atoms with Crippen molar-refractivity contribution in [1.82, 2.24) is 0 Å². The van der Waals surface area contributed by atoms with Gasteiger partial charge < -0.3 is 0 Å². The molecule has 0 atom stereocenters. The Morgan fingerprint density at radius 1 is 1.15 bits per heavy atom.